The fourth-order valence-electron chi connectivity index (χ4n) is 1.46. The molecule has 1 saturated heterocycles. The summed E-state index contributed by atoms with van der Waals surface area (Å²) < 4.78 is 1.36. The van der Waals surface area contributed by atoms with E-state index in [-0.39, 0.29) is 0 Å². The maximum Gasteiger partial charge on any atom is 0.00246 e. The van der Waals surface area contributed by atoms with Gasteiger partial charge in [0, 0.05) is 4.43 Å². The Bertz CT molecular complexity index is 75.3. The van der Waals surface area contributed by atoms with Crippen LogP contribution in [0.5, 0.6) is 0 Å². The number of piperidine rings is 1. The number of likely N-dealkylation sites (tertiary alicyclic amines) is 1. The monoisotopic (exact) mass is 253 g/mol. The Kier molecular flexibility index (Phi) is 3.99. The molecule has 0 N–H and O–H groups in total. The third-order valence-electron chi connectivity index (χ3n) is 2.37. The highest BCUT2D eigenvalue weighted by molar-refractivity contribution is 14.1. The highest BCUT2D eigenvalue weighted by Gasteiger charge is 2.15. The summed E-state index contributed by atoms with van der Waals surface area (Å²) in [5.41, 5.74) is 0. The number of hydrogen-bond donors (Lipinski definition) is 0. The second-order valence-corrected chi connectivity index (χ2v) is 3.91. The molecule has 0 bridgehead atoms. The molecule has 0 amide bonds. The number of rotatable bonds is 2. The van der Waals surface area contributed by atoms with E-state index < -0.39 is 0 Å². The molecule has 0 aromatic heterocycles. The van der Waals surface area contributed by atoms with Gasteiger partial charge in [0.2, 0.25) is 0 Å². The lowest BCUT2D eigenvalue weighted by Crippen LogP contribution is -2.33. The SMILES string of the molecule is CCN1CCC(CI)CC1. The molecular weight excluding hydrogens is 237 g/mol. The van der Waals surface area contributed by atoms with Crippen LogP contribution in [0.3, 0.4) is 0 Å². The molecule has 0 atom stereocenters. The van der Waals surface area contributed by atoms with Gasteiger partial charge in [0.15, 0.2) is 0 Å². The van der Waals surface area contributed by atoms with E-state index in [4.69, 9.17) is 0 Å². The van der Waals surface area contributed by atoms with E-state index in [9.17, 15) is 0 Å². The molecule has 1 rings (SSSR count). The molecule has 0 radical (unpaired) electrons. The fraction of sp³-hybridized carbons (Fsp3) is 1.00. The first-order chi connectivity index (χ1) is 4.86. The minimum absolute atomic E-state index is 1.02. The molecule has 0 saturated carbocycles. The van der Waals surface area contributed by atoms with Crippen LogP contribution in [0.1, 0.15) is 19.8 Å². The average Bonchev–Trinajstić information content (AvgIpc) is 2.05. The van der Waals surface area contributed by atoms with Crippen LogP contribution < -0.4 is 0 Å². The van der Waals surface area contributed by atoms with E-state index in [1.807, 2.05) is 0 Å². The van der Waals surface area contributed by atoms with Crippen LogP contribution in [0.4, 0.5) is 0 Å². The van der Waals surface area contributed by atoms with Crippen LogP contribution in [-0.4, -0.2) is 29.0 Å². The van der Waals surface area contributed by atoms with Crippen LogP contribution in [0.15, 0.2) is 0 Å². The highest BCUT2D eigenvalue weighted by atomic mass is 127. The van der Waals surface area contributed by atoms with Gasteiger partial charge in [0.05, 0.1) is 0 Å². The molecule has 1 aliphatic heterocycles. The average molecular weight is 253 g/mol. The van der Waals surface area contributed by atoms with Gasteiger partial charge in [-0.15, -0.1) is 0 Å². The first-order valence-electron chi connectivity index (χ1n) is 4.15. The van der Waals surface area contributed by atoms with Crippen LogP contribution in [-0.2, 0) is 0 Å². The Labute approximate surface area is 77.3 Å². The minimum atomic E-state index is 1.02. The Balaban J connectivity index is 2.17. The third-order valence-corrected chi connectivity index (χ3v) is 3.62. The lowest BCUT2D eigenvalue weighted by Gasteiger charge is -2.29. The summed E-state index contributed by atoms with van der Waals surface area (Å²) in [6.45, 7) is 6.17. The van der Waals surface area contributed by atoms with Gasteiger partial charge in [0.25, 0.3) is 0 Å². The predicted molar refractivity (Wildman–Crippen MR) is 53.7 cm³/mol. The standard InChI is InChI=1S/C8H16IN/c1-2-10-5-3-8(7-9)4-6-10/h8H,2-7H2,1H3. The zero-order valence-electron chi connectivity index (χ0n) is 6.65. The maximum atomic E-state index is 2.54. The third kappa shape index (κ3) is 2.38. The molecule has 60 valence electrons. The van der Waals surface area contributed by atoms with Gasteiger partial charge < -0.3 is 4.90 Å². The van der Waals surface area contributed by atoms with Gasteiger partial charge >= 0.3 is 0 Å². The van der Waals surface area contributed by atoms with E-state index in [2.05, 4.69) is 34.4 Å². The van der Waals surface area contributed by atoms with Crippen LogP contribution >= 0.6 is 22.6 Å². The summed E-state index contributed by atoms with van der Waals surface area (Å²) in [6.07, 6.45) is 2.85. The predicted octanol–water partition coefficient (Wildman–Crippen LogP) is 2.15. The van der Waals surface area contributed by atoms with Crippen molar-refractivity contribution < 1.29 is 0 Å². The summed E-state index contributed by atoms with van der Waals surface area (Å²) in [4.78, 5) is 2.54. The zero-order valence-corrected chi connectivity index (χ0v) is 8.80. The lowest BCUT2D eigenvalue weighted by atomic mass is 9.99. The zero-order chi connectivity index (χ0) is 7.40. The molecule has 0 aliphatic carbocycles. The molecule has 0 aromatic rings. The largest absolute Gasteiger partial charge is 0.304 e. The fourth-order valence-corrected chi connectivity index (χ4v) is 2.34. The van der Waals surface area contributed by atoms with Gasteiger partial charge in [-0.25, -0.2) is 0 Å². The van der Waals surface area contributed by atoms with E-state index in [1.165, 1.54) is 36.9 Å². The molecule has 1 nitrogen and oxygen atoms in total. The van der Waals surface area contributed by atoms with Gasteiger partial charge in [0.1, 0.15) is 0 Å². The quantitative estimate of drug-likeness (QED) is 0.538. The van der Waals surface area contributed by atoms with Crippen LogP contribution in [0.25, 0.3) is 0 Å². The van der Waals surface area contributed by atoms with Crippen molar-refractivity contribution in [3.63, 3.8) is 0 Å². The van der Waals surface area contributed by atoms with E-state index in [1.54, 1.807) is 0 Å². The summed E-state index contributed by atoms with van der Waals surface area (Å²) in [6, 6.07) is 0. The molecule has 1 fully saturated rings. The molecule has 0 aromatic carbocycles. The topological polar surface area (TPSA) is 3.24 Å². The van der Waals surface area contributed by atoms with Gasteiger partial charge in [-0.2, -0.15) is 0 Å². The molecule has 1 heterocycles. The van der Waals surface area contributed by atoms with Crippen molar-refractivity contribution in [1.29, 1.82) is 0 Å². The Morgan fingerprint density at radius 3 is 2.40 bits per heavy atom. The lowest BCUT2D eigenvalue weighted by molar-refractivity contribution is 0.204. The highest BCUT2D eigenvalue weighted by Crippen LogP contribution is 2.18. The van der Waals surface area contributed by atoms with Crippen LogP contribution in [0, 0.1) is 5.92 Å². The van der Waals surface area contributed by atoms with E-state index >= 15 is 0 Å². The van der Waals surface area contributed by atoms with Crippen molar-refractivity contribution in [3.8, 4) is 0 Å². The second kappa shape index (κ2) is 4.54. The normalized spacial score (nSPS) is 23.4. The summed E-state index contributed by atoms with van der Waals surface area (Å²) in [5, 5.41) is 0. The van der Waals surface area contributed by atoms with E-state index in [0.717, 1.165) is 5.92 Å². The van der Waals surface area contributed by atoms with Crippen molar-refractivity contribution in [1.82, 2.24) is 4.90 Å². The molecule has 10 heavy (non-hydrogen) atoms. The van der Waals surface area contributed by atoms with Gasteiger partial charge in [-0.1, -0.05) is 29.5 Å². The van der Waals surface area contributed by atoms with Crippen molar-refractivity contribution in [2.75, 3.05) is 24.1 Å². The number of alkyl halides is 1. The number of nitrogens with zero attached hydrogens (tertiary/aromatic N) is 1. The van der Waals surface area contributed by atoms with Crippen molar-refractivity contribution >= 4 is 22.6 Å². The number of halogens is 1. The van der Waals surface area contributed by atoms with Crippen molar-refractivity contribution in [2.24, 2.45) is 5.92 Å². The number of hydrogen-bond acceptors (Lipinski definition) is 1. The van der Waals surface area contributed by atoms with Gasteiger partial charge in [-0.05, 0) is 38.4 Å². The van der Waals surface area contributed by atoms with Gasteiger partial charge in [-0.3, -0.25) is 0 Å². The first-order valence-corrected chi connectivity index (χ1v) is 5.67. The summed E-state index contributed by atoms with van der Waals surface area (Å²) in [7, 11) is 0. The minimum Gasteiger partial charge on any atom is -0.304 e. The summed E-state index contributed by atoms with van der Waals surface area (Å²) >= 11 is 2.51. The molecule has 1 aliphatic rings. The first kappa shape index (κ1) is 8.78. The molecule has 0 spiro atoms. The van der Waals surface area contributed by atoms with Crippen molar-refractivity contribution in [2.45, 2.75) is 19.8 Å². The molecule has 0 unspecified atom stereocenters. The van der Waals surface area contributed by atoms with Crippen molar-refractivity contribution in [3.05, 3.63) is 0 Å². The Morgan fingerprint density at radius 1 is 1.40 bits per heavy atom. The maximum absolute atomic E-state index is 2.54. The second-order valence-electron chi connectivity index (χ2n) is 3.03. The molecular formula is C8H16IN. The Hall–Kier alpha value is 0.690. The van der Waals surface area contributed by atoms with Crippen LogP contribution in [0.2, 0.25) is 0 Å². The summed E-state index contributed by atoms with van der Waals surface area (Å²) in [5.74, 6) is 1.02. The Morgan fingerprint density at radius 2 is 2.00 bits per heavy atom. The molecule has 2 heteroatoms. The smallest absolute Gasteiger partial charge is 0.00246 e. The van der Waals surface area contributed by atoms with E-state index in [0.29, 0.717) is 0 Å².